The molecule has 4 rings (SSSR count). The Bertz CT molecular complexity index is 879. The molecule has 1 atom stereocenters. The summed E-state index contributed by atoms with van der Waals surface area (Å²) in [5.74, 6) is 1.74. The molecule has 2 aromatic rings. The van der Waals surface area contributed by atoms with Gasteiger partial charge < -0.3 is 15.2 Å². The molecule has 5 nitrogen and oxygen atoms in total. The Balaban J connectivity index is 1.59. The van der Waals surface area contributed by atoms with E-state index in [2.05, 4.69) is 41.5 Å². The Morgan fingerprint density at radius 2 is 1.97 bits per heavy atom. The van der Waals surface area contributed by atoms with E-state index in [0.717, 1.165) is 53.9 Å². The Labute approximate surface area is 186 Å². The van der Waals surface area contributed by atoms with Crippen molar-refractivity contribution in [3.63, 3.8) is 0 Å². The fraction of sp³-hybridized carbons (Fsp3) is 0.615. The summed E-state index contributed by atoms with van der Waals surface area (Å²) in [6.07, 6.45) is 11.6. The number of anilines is 1. The minimum absolute atomic E-state index is 0.309. The molecule has 2 aliphatic rings. The number of phenolic OH excluding ortho intramolecular Hbond substituents is 1. The van der Waals surface area contributed by atoms with E-state index in [0.29, 0.717) is 30.9 Å². The highest BCUT2D eigenvalue weighted by Crippen LogP contribution is 2.45. The molecule has 0 radical (unpaired) electrons. The van der Waals surface area contributed by atoms with Gasteiger partial charge in [0.1, 0.15) is 17.3 Å². The van der Waals surface area contributed by atoms with Crippen LogP contribution in [0.2, 0.25) is 0 Å². The largest absolute Gasteiger partial charge is 0.507 e. The molecular weight excluding hydrogens is 386 g/mol. The van der Waals surface area contributed by atoms with Crippen LogP contribution in [0.4, 0.5) is 5.82 Å². The summed E-state index contributed by atoms with van der Waals surface area (Å²) >= 11 is 0. The number of benzene rings is 1. The van der Waals surface area contributed by atoms with E-state index in [-0.39, 0.29) is 0 Å². The van der Waals surface area contributed by atoms with Crippen molar-refractivity contribution >= 4 is 5.82 Å². The van der Waals surface area contributed by atoms with Gasteiger partial charge in [-0.05, 0) is 73.3 Å². The average molecular weight is 424 g/mol. The molecular formula is C26H37N3O2. The third-order valence-corrected chi connectivity index (χ3v) is 6.62. The standard InChI is InChI=1S/C26H37N3O2/c1-3-5-6-7-10-22(4-2)27-24-16-19-9-8-13-31-17-21-14-20(18-11-12-18)15-23(30)25(21)26(19)29-28-24/h14-16,18,22,30H,3-13,17H2,1-2H3,(H,27,28). The van der Waals surface area contributed by atoms with E-state index >= 15 is 0 Å². The molecule has 2 N–H and O–H groups in total. The van der Waals surface area contributed by atoms with Crippen LogP contribution in [0, 0.1) is 0 Å². The van der Waals surface area contributed by atoms with Crippen LogP contribution in [0.5, 0.6) is 5.75 Å². The number of aromatic hydroxyl groups is 1. The van der Waals surface area contributed by atoms with Crippen molar-refractivity contribution in [2.75, 3.05) is 11.9 Å². The average Bonchev–Trinajstić information content (AvgIpc) is 3.60. The molecule has 0 bridgehead atoms. The minimum atomic E-state index is 0.309. The lowest BCUT2D eigenvalue weighted by Gasteiger charge is -2.19. The number of aryl methyl sites for hydroxylation is 1. The molecule has 31 heavy (non-hydrogen) atoms. The van der Waals surface area contributed by atoms with E-state index in [4.69, 9.17) is 4.74 Å². The third-order valence-electron chi connectivity index (χ3n) is 6.62. The maximum Gasteiger partial charge on any atom is 0.149 e. The van der Waals surface area contributed by atoms with Crippen molar-refractivity contribution in [3.8, 4) is 17.0 Å². The maximum atomic E-state index is 10.9. The number of phenols is 1. The number of fused-ring (bicyclic) bond motifs is 3. The molecule has 0 amide bonds. The highest BCUT2D eigenvalue weighted by atomic mass is 16.5. The van der Waals surface area contributed by atoms with Gasteiger partial charge in [0, 0.05) is 18.2 Å². The molecule has 5 heteroatoms. The Hall–Kier alpha value is -2.14. The summed E-state index contributed by atoms with van der Waals surface area (Å²) in [4.78, 5) is 0. The first-order valence-electron chi connectivity index (χ1n) is 12.3. The zero-order valence-electron chi connectivity index (χ0n) is 19.1. The minimum Gasteiger partial charge on any atom is -0.507 e. The predicted octanol–water partition coefficient (Wildman–Crippen LogP) is 6.35. The van der Waals surface area contributed by atoms with Crippen molar-refractivity contribution < 1.29 is 9.84 Å². The maximum absolute atomic E-state index is 10.9. The lowest BCUT2D eigenvalue weighted by Crippen LogP contribution is -2.19. The van der Waals surface area contributed by atoms with Gasteiger partial charge in [-0.2, -0.15) is 0 Å². The van der Waals surface area contributed by atoms with E-state index in [9.17, 15) is 5.11 Å². The van der Waals surface area contributed by atoms with E-state index in [1.165, 1.54) is 44.1 Å². The summed E-state index contributed by atoms with van der Waals surface area (Å²) in [5, 5.41) is 23.7. The Morgan fingerprint density at radius 1 is 1.10 bits per heavy atom. The van der Waals surface area contributed by atoms with Crippen molar-refractivity contribution in [2.24, 2.45) is 0 Å². The van der Waals surface area contributed by atoms with Crippen molar-refractivity contribution in [2.45, 2.75) is 96.6 Å². The molecule has 1 unspecified atom stereocenters. The Morgan fingerprint density at radius 3 is 2.74 bits per heavy atom. The lowest BCUT2D eigenvalue weighted by atomic mass is 9.95. The van der Waals surface area contributed by atoms with E-state index in [1.807, 2.05) is 6.07 Å². The number of nitrogens with zero attached hydrogens (tertiary/aromatic N) is 2. The number of aromatic nitrogens is 2. The van der Waals surface area contributed by atoms with Gasteiger partial charge in [-0.3, -0.25) is 0 Å². The van der Waals surface area contributed by atoms with E-state index < -0.39 is 0 Å². The second-order valence-corrected chi connectivity index (χ2v) is 9.21. The highest BCUT2D eigenvalue weighted by molar-refractivity contribution is 5.74. The Kier molecular flexibility index (Phi) is 7.44. The summed E-state index contributed by atoms with van der Waals surface area (Å²) in [7, 11) is 0. The molecule has 1 aliphatic carbocycles. The topological polar surface area (TPSA) is 67.3 Å². The normalized spacial score (nSPS) is 17.1. The van der Waals surface area contributed by atoms with Gasteiger partial charge in [0.2, 0.25) is 0 Å². The second kappa shape index (κ2) is 10.4. The molecule has 1 fully saturated rings. The summed E-state index contributed by atoms with van der Waals surface area (Å²) in [6.45, 7) is 5.71. The van der Waals surface area contributed by atoms with Crippen molar-refractivity contribution in [3.05, 3.63) is 34.9 Å². The SMILES string of the molecule is CCCCCCC(CC)Nc1cc2c(nn1)-c1c(O)cc(C3CC3)cc1COCCC2. The lowest BCUT2D eigenvalue weighted by molar-refractivity contribution is 0.119. The summed E-state index contributed by atoms with van der Waals surface area (Å²) < 4.78 is 5.92. The number of nitrogens with one attached hydrogen (secondary N) is 1. The zero-order chi connectivity index (χ0) is 21.6. The van der Waals surface area contributed by atoms with Gasteiger partial charge in [-0.1, -0.05) is 45.6 Å². The molecule has 1 aromatic carbocycles. The summed E-state index contributed by atoms with van der Waals surface area (Å²) in [5.41, 5.74) is 5.00. The van der Waals surface area contributed by atoms with Crippen LogP contribution in [-0.2, 0) is 17.8 Å². The van der Waals surface area contributed by atoms with Crippen LogP contribution < -0.4 is 5.32 Å². The number of unbranched alkanes of at least 4 members (excludes halogenated alkanes) is 3. The second-order valence-electron chi connectivity index (χ2n) is 9.21. The molecule has 1 aromatic heterocycles. The number of hydrogen-bond acceptors (Lipinski definition) is 5. The monoisotopic (exact) mass is 423 g/mol. The summed E-state index contributed by atoms with van der Waals surface area (Å²) in [6, 6.07) is 6.69. The molecule has 1 aliphatic heterocycles. The van der Waals surface area contributed by atoms with Crippen LogP contribution in [0.1, 0.15) is 94.2 Å². The molecule has 0 saturated heterocycles. The van der Waals surface area contributed by atoms with Crippen molar-refractivity contribution in [1.29, 1.82) is 0 Å². The number of rotatable bonds is 9. The molecule has 168 valence electrons. The fourth-order valence-corrected chi connectivity index (χ4v) is 4.60. The molecule has 0 spiro atoms. The van der Waals surface area contributed by atoms with Gasteiger partial charge >= 0.3 is 0 Å². The number of ether oxygens (including phenoxy) is 1. The number of hydrogen-bond donors (Lipinski definition) is 2. The van der Waals surface area contributed by atoms with Gasteiger partial charge in [-0.15, -0.1) is 10.2 Å². The van der Waals surface area contributed by atoms with Gasteiger partial charge in [-0.25, -0.2) is 0 Å². The van der Waals surface area contributed by atoms with Crippen molar-refractivity contribution in [1.82, 2.24) is 10.2 Å². The van der Waals surface area contributed by atoms with Crippen LogP contribution >= 0.6 is 0 Å². The predicted molar refractivity (Wildman–Crippen MR) is 126 cm³/mol. The molecule has 1 saturated carbocycles. The molecule has 2 heterocycles. The van der Waals surface area contributed by atoms with Crippen LogP contribution in [-0.4, -0.2) is 28.0 Å². The highest BCUT2D eigenvalue weighted by Gasteiger charge is 2.27. The fourth-order valence-electron chi connectivity index (χ4n) is 4.60. The first-order chi connectivity index (χ1) is 15.2. The quantitative estimate of drug-likeness (QED) is 0.460. The zero-order valence-corrected chi connectivity index (χ0v) is 19.1. The van der Waals surface area contributed by atoms with Crippen LogP contribution in [0.3, 0.4) is 0 Å². The van der Waals surface area contributed by atoms with E-state index in [1.54, 1.807) is 0 Å². The van der Waals surface area contributed by atoms with Gasteiger partial charge in [0.05, 0.1) is 6.61 Å². The smallest absolute Gasteiger partial charge is 0.149 e. The first-order valence-corrected chi connectivity index (χ1v) is 12.3. The van der Waals surface area contributed by atoms with Crippen LogP contribution in [0.25, 0.3) is 11.3 Å². The van der Waals surface area contributed by atoms with Gasteiger partial charge in [0.25, 0.3) is 0 Å². The van der Waals surface area contributed by atoms with Gasteiger partial charge in [0.15, 0.2) is 0 Å². The third kappa shape index (κ3) is 5.57. The van der Waals surface area contributed by atoms with Crippen LogP contribution in [0.15, 0.2) is 18.2 Å². The first kappa shape index (κ1) is 22.1.